The van der Waals surface area contributed by atoms with Crippen LogP contribution in [0.4, 0.5) is 5.69 Å². The first-order valence-corrected chi connectivity index (χ1v) is 8.56. The molecule has 0 heterocycles. The average Bonchev–Trinajstić information content (AvgIpc) is 2.38. The van der Waals surface area contributed by atoms with Crippen molar-refractivity contribution in [3.05, 3.63) is 65.7 Å². The van der Waals surface area contributed by atoms with Gasteiger partial charge in [0, 0.05) is 5.69 Å². The van der Waals surface area contributed by atoms with Crippen molar-refractivity contribution in [1.82, 2.24) is 0 Å². The number of benzene rings is 2. The molecule has 0 aromatic heterocycles. The lowest BCUT2D eigenvalue weighted by atomic mass is 9.87. The zero-order chi connectivity index (χ0) is 15.5. The highest BCUT2D eigenvalue weighted by molar-refractivity contribution is 7.91. The molecule has 0 amide bonds. The van der Waals surface area contributed by atoms with Crippen LogP contribution in [0.3, 0.4) is 0 Å². The lowest BCUT2D eigenvalue weighted by Gasteiger charge is -2.19. The van der Waals surface area contributed by atoms with Crippen molar-refractivity contribution in [2.24, 2.45) is 0 Å². The normalized spacial score (nSPS) is 12.1. The minimum atomic E-state index is -3.39. The number of hydrogen-bond donors (Lipinski definition) is 1. The second-order valence-electron chi connectivity index (χ2n) is 6.17. The van der Waals surface area contributed by atoms with Crippen LogP contribution in [0.1, 0.15) is 31.9 Å². The van der Waals surface area contributed by atoms with Gasteiger partial charge in [0.15, 0.2) is 0 Å². The zero-order valence-corrected chi connectivity index (χ0v) is 13.4. The monoisotopic (exact) mass is 303 g/mol. The van der Waals surface area contributed by atoms with Gasteiger partial charge in [-0.3, -0.25) is 4.72 Å². The first-order valence-electron chi connectivity index (χ1n) is 6.91. The summed E-state index contributed by atoms with van der Waals surface area (Å²) in [5, 5.41) is 0. The molecule has 0 atom stereocenters. The van der Waals surface area contributed by atoms with Crippen molar-refractivity contribution in [3.63, 3.8) is 0 Å². The molecule has 112 valence electrons. The Morgan fingerprint density at radius 3 is 2.00 bits per heavy atom. The Hall–Kier alpha value is -1.81. The molecule has 1 N–H and O–H groups in total. The van der Waals surface area contributed by atoms with Gasteiger partial charge in [0.05, 0.1) is 5.75 Å². The quantitative estimate of drug-likeness (QED) is 0.930. The van der Waals surface area contributed by atoms with Crippen LogP contribution in [0.5, 0.6) is 0 Å². The predicted octanol–water partition coefficient (Wildman–Crippen LogP) is 3.93. The lowest BCUT2D eigenvalue weighted by molar-refractivity contribution is 0.590. The highest BCUT2D eigenvalue weighted by atomic mass is 32.2. The standard InChI is InChI=1S/C17H21NO2S/c1-17(2,3)15-9-11-16(12-10-15)18-21(19,20)13-14-7-5-4-6-8-14/h4-12,18H,13H2,1-3H3. The van der Waals surface area contributed by atoms with E-state index in [1.165, 1.54) is 5.56 Å². The van der Waals surface area contributed by atoms with E-state index in [2.05, 4.69) is 25.5 Å². The van der Waals surface area contributed by atoms with Crippen molar-refractivity contribution in [2.75, 3.05) is 4.72 Å². The smallest absolute Gasteiger partial charge is 0.236 e. The average molecular weight is 303 g/mol. The third kappa shape index (κ3) is 4.60. The van der Waals surface area contributed by atoms with Crippen molar-refractivity contribution < 1.29 is 8.42 Å². The van der Waals surface area contributed by atoms with Gasteiger partial charge >= 0.3 is 0 Å². The van der Waals surface area contributed by atoms with Crippen molar-refractivity contribution in [1.29, 1.82) is 0 Å². The highest BCUT2D eigenvalue weighted by Gasteiger charge is 2.15. The highest BCUT2D eigenvalue weighted by Crippen LogP contribution is 2.24. The van der Waals surface area contributed by atoms with Gasteiger partial charge in [-0.2, -0.15) is 0 Å². The topological polar surface area (TPSA) is 46.2 Å². The van der Waals surface area contributed by atoms with Crippen LogP contribution in [-0.2, 0) is 21.2 Å². The minimum Gasteiger partial charge on any atom is -0.283 e. The third-order valence-corrected chi connectivity index (χ3v) is 4.48. The Labute approximate surface area is 127 Å². The Morgan fingerprint density at radius 1 is 0.905 bits per heavy atom. The molecule has 0 spiro atoms. The van der Waals surface area contributed by atoms with E-state index in [9.17, 15) is 8.42 Å². The fourth-order valence-electron chi connectivity index (χ4n) is 2.05. The Morgan fingerprint density at radius 2 is 1.48 bits per heavy atom. The van der Waals surface area contributed by atoms with Gasteiger partial charge in [-0.25, -0.2) is 8.42 Å². The van der Waals surface area contributed by atoms with E-state index in [4.69, 9.17) is 0 Å². The van der Waals surface area contributed by atoms with Gasteiger partial charge in [0.2, 0.25) is 10.0 Å². The molecule has 0 unspecified atom stereocenters. The molecule has 0 saturated carbocycles. The van der Waals surface area contributed by atoms with E-state index in [1.807, 2.05) is 54.6 Å². The maximum Gasteiger partial charge on any atom is 0.236 e. The van der Waals surface area contributed by atoms with Gasteiger partial charge in [0.1, 0.15) is 0 Å². The second kappa shape index (κ2) is 5.90. The van der Waals surface area contributed by atoms with Gasteiger partial charge in [-0.1, -0.05) is 63.2 Å². The van der Waals surface area contributed by atoms with Gasteiger partial charge in [-0.15, -0.1) is 0 Å². The number of rotatable bonds is 4. The molecule has 2 rings (SSSR count). The van der Waals surface area contributed by atoms with Crippen molar-refractivity contribution in [2.45, 2.75) is 31.9 Å². The largest absolute Gasteiger partial charge is 0.283 e. The molecule has 0 aliphatic rings. The molecule has 4 heteroatoms. The molecular formula is C17H21NO2S. The molecule has 0 aliphatic carbocycles. The first kappa shape index (κ1) is 15.6. The molecule has 0 aliphatic heterocycles. The molecule has 3 nitrogen and oxygen atoms in total. The van der Waals surface area contributed by atoms with Crippen molar-refractivity contribution >= 4 is 15.7 Å². The third-order valence-electron chi connectivity index (χ3n) is 3.22. The first-order chi connectivity index (χ1) is 9.76. The maximum atomic E-state index is 12.1. The summed E-state index contributed by atoms with van der Waals surface area (Å²) in [6, 6.07) is 16.7. The van der Waals surface area contributed by atoms with E-state index in [1.54, 1.807) is 0 Å². The Kier molecular flexibility index (Phi) is 4.37. The summed E-state index contributed by atoms with van der Waals surface area (Å²) in [6.45, 7) is 6.38. The van der Waals surface area contributed by atoms with Crippen LogP contribution in [-0.4, -0.2) is 8.42 Å². The summed E-state index contributed by atoms with van der Waals surface area (Å²) in [7, 11) is -3.39. The molecule has 0 bridgehead atoms. The van der Waals surface area contributed by atoms with Gasteiger partial charge < -0.3 is 0 Å². The summed E-state index contributed by atoms with van der Waals surface area (Å²) >= 11 is 0. The number of sulfonamides is 1. The molecule has 2 aromatic carbocycles. The maximum absolute atomic E-state index is 12.1. The molecule has 0 saturated heterocycles. The van der Waals surface area contributed by atoms with E-state index >= 15 is 0 Å². The number of anilines is 1. The Bertz CT molecular complexity index is 684. The molecule has 0 fully saturated rings. The molecular weight excluding hydrogens is 282 g/mol. The van der Waals surface area contributed by atoms with E-state index in [0.29, 0.717) is 5.69 Å². The minimum absolute atomic E-state index is 0.0190. The number of hydrogen-bond acceptors (Lipinski definition) is 2. The van der Waals surface area contributed by atoms with Crippen molar-refractivity contribution in [3.8, 4) is 0 Å². The van der Waals surface area contributed by atoms with E-state index < -0.39 is 10.0 Å². The van der Waals surface area contributed by atoms with Crippen LogP contribution in [0.25, 0.3) is 0 Å². The van der Waals surface area contributed by atoms with Crippen LogP contribution >= 0.6 is 0 Å². The fourth-order valence-corrected chi connectivity index (χ4v) is 3.25. The van der Waals surface area contributed by atoms with Crippen LogP contribution in [0.2, 0.25) is 0 Å². The zero-order valence-electron chi connectivity index (χ0n) is 12.6. The Balaban J connectivity index is 2.10. The molecule has 21 heavy (non-hydrogen) atoms. The van der Waals surface area contributed by atoms with Crippen LogP contribution < -0.4 is 4.72 Å². The van der Waals surface area contributed by atoms with Gasteiger partial charge in [-0.05, 0) is 28.7 Å². The molecule has 0 radical (unpaired) electrons. The van der Waals surface area contributed by atoms with Crippen LogP contribution in [0, 0.1) is 0 Å². The predicted molar refractivity (Wildman–Crippen MR) is 87.8 cm³/mol. The van der Waals surface area contributed by atoms with Gasteiger partial charge in [0.25, 0.3) is 0 Å². The second-order valence-corrected chi connectivity index (χ2v) is 7.90. The number of nitrogens with one attached hydrogen (secondary N) is 1. The SMILES string of the molecule is CC(C)(C)c1ccc(NS(=O)(=O)Cc2ccccc2)cc1. The van der Waals surface area contributed by atoms with Crippen LogP contribution in [0.15, 0.2) is 54.6 Å². The summed E-state index contributed by atoms with van der Waals surface area (Å²) in [4.78, 5) is 0. The van der Waals surface area contributed by atoms with E-state index in [0.717, 1.165) is 5.56 Å². The summed E-state index contributed by atoms with van der Waals surface area (Å²) in [6.07, 6.45) is 0. The summed E-state index contributed by atoms with van der Waals surface area (Å²) < 4.78 is 26.9. The fraction of sp³-hybridized carbons (Fsp3) is 0.294. The van der Waals surface area contributed by atoms with E-state index in [-0.39, 0.29) is 11.2 Å². The lowest BCUT2D eigenvalue weighted by Crippen LogP contribution is -2.15. The molecule has 2 aromatic rings. The summed E-state index contributed by atoms with van der Waals surface area (Å²) in [5.41, 5.74) is 2.60. The summed E-state index contributed by atoms with van der Waals surface area (Å²) in [5.74, 6) is -0.0190.